The molecule has 1 saturated heterocycles. The number of aromatic nitrogens is 2. The zero-order valence-electron chi connectivity index (χ0n) is 25.6. The van der Waals surface area contributed by atoms with Crippen LogP contribution in [-0.2, 0) is 13.2 Å². The van der Waals surface area contributed by atoms with Crippen LogP contribution in [0.15, 0.2) is 79.0 Å². The van der Waals surface area contributed by atoms with E-state index in [1.807, 2.05) is 36.4 Å². The molecule has 0 aliphatic carbocycles. The second-order valence-corrected chi connectivity index (χ2v) is 11.5. The fourth-order valence-corrected chi connectivity index (χ4v) is 5.73. The molecule has 1 fully saturated rings. The van der Waals surface area contributed by atoms with Crippen molar-refractivity contribution in [2.45, 2.75) is 50.9 Å². The number of hydrogen-bond acceptors (Lipinski definition) is 9. The number of benzene rings is 3. The topological polar surface area (TPSA) is 104 Å². The number of nitrogens with zero attached hydrogens (tertiary/aromatic N) is 5. The summed E-state index contributed by atoms with van der Waals surface area (Å²) >= 11 is 0. The summed E-state index contributed by atoms with van der Waals surface area (Å²) in [6.45, 7) is 2.96. The lowest BCUT2D eigenvalue weighted by atomic mass is 10.0. The zero-order valence-corrected chi connectivity index (χ0v) is 25.6. The summed E-state index contributed by atoms with van der Waals surface area (Å²) in [4.78, 5) is 19.0. The lowest BCUT2D eigenvalue weighted by molar-refractivity contribution is -0.389. The van der Waals surface area contributed by atoms with E-state index in [1.54, 1.807) is 16.7 Å². The third-order valence-electron chi connectivity index (χ3n) is 8.33. The van der Waals surface area contributed by atoms with E-state index in [4.69, 9.17) is 14.2 Å². The molecule has 14 heteroatoms. The normalized spacial score (nSPS) is 16.6. The van der Waals surface area contributed by atoms with Crippen LogP contribution in [0.5, 0.6) is 23.3 Å². The Kier molecular flexibility index (Phi) is 9.27. The van der Waals surface area contributed by atoms with Crippen LogP contribution < -0.4 is 28.7 Å². The van der Waals surface area contributed by atoms with Gasteiger partial charge in [-0.05, 0) is 84.0 Å². The van der Waals surface area contributed by atoms with Crippen LogP contribution in [0.3, 0.4) is 0 Å². The van der Waals surface area contributed by atoms with Crippen molar-refractivity contribution in [3.63, 3.8) is 0 Å². The van der Waals surface area contributed by atoms with E-state index in [0.717, 1.165) is 48.6 Å². The number of fused-ring (bicyclic) bond motifs is 1. The SMILES string of the molecule is CN(c1ccc(OCc2ccc(OC(F)(F)F)cc2)cc1)C1CCN(c2ccc(OC[C@H]3CCn4cc([N+](=O)[O-])nc4O3)cc2)CC1. The number of hydrogen-bond donors (Lipinski definition) is 0. The Hall–Kier alpha value is -5.14. The number of rotatable bonds is 11. The van der Waals surface area contributed by atoms with Gasteiger partial charge >= 0.3 is 18.2 Å². The number of ether oxygens (including phenoxy) is 4. The molecule has 11 nitrogen and oxygen atoms in total. The van der Waals surface area contributed by atoms with Gasteiger partial charge in [0.15, 0.2) is 0 Å². The van der Waals surface area contributed by atoms with Crippen molar-refractivity contribution in [1.29, 1.82) is 0 Å². The minimum absolute atomic E-state index is 0.222. The first-order chi connectivity index (χ1) is 22.6. The molecule has 0 bridgehead atoms. The van der Waals surface area contributed by atoms with Crippen molar-refractivity contribution in [3.8, 4) is 23.3 Å². The van der Waals surface area contributed by atoms with E-state index in [0.29, 0.717) is 31.4 Å². The van der Waals surface area contributed by atoms with E-state index in [2.05, 4.69) is 38.7 Å². The summed E-state index contributed by atoms with van der Waals surface area (Å²) in [5.41, 5.74) is 2.94. The minimum atomic E-state index is -4.72. The number of piperidine rings is 1. The highest BCUT2D eigenvalue weighted by Gasteiger charge is 2.31. The van der Waals surface area contributed by atoms with E-state index in [1.165, 1.54) is 18.3 Å². The van der Waals surface area contributed by atoms with E-state index in [-0.39, 0.29) is 30.3 Å². The Morgan fingerprint density at radius 1 is 0.915 bits per heavy atom. The van der Waals surface area contributed by atoms with Gasteiger partial charge in [0.2, 0.25) is 0 Å². The number of aryl methyl sites for hydroxylation is 1. The van der Waals surface area contributed by atoms with Gasteiger partial charge < -0.3 is 38.9 Å². The van der Waals surface area contributed by atoms with Gasteiger partial charge in [0, 0.05) is 55.5 Å². The summed E-state index contributed by atoms with van der Waals surface area (Å²) in [5.74, 6) is 0.914. The Bertz CT molecular complexity index is 1640. The number of alkyl halides is 3. The summed E-state index contributed by atoms with van der Waals surface area (Å²) in [6.07, 6.45) is -0.906. The third kappa shape index (κ3) is 8.18. The Morgan fingerprint density at radius 2 is 1.55 bits per heavy atom. The molecule has 0 saturated carbocycles. The zero-order chi connectivity index (χ0) is 33.0. The van der Waals surface area contributed by atoms with Crippen LogP contribution in [0, 0.1) is 10.1 Å². The lowest BCUT2D eigenvalue weighted by Crippen LogP contribution is -2.43. The van der Waals surface area contributed by atoms with E-state index in [9.17, 15) is 23.3 Å². The van der Waals surface area contributed by atoms with Crippen LogP contribution in [-0.4, -0.2) is 59.7 Å². The van der Waals surface area contributed by atoms with Gasteiger partial charge in [0.05, 0.1) is 0 Å². The largest absolute Gasteiger partial charge is 0.573 e. The maximum Gasteiger partial charge on any atom is 0.573 e. The highest BCUT2D eigenvalue weighted by atomic mass is 19.4. The van der Waals surface area contributed by atoms with E-state index < -0.39 is 11.3 Å². The van der Waals surface area contributed by atoms with Gasteiger partial charge in [-0.15, -0.1) is 13.2 Å². The molecule has 2 aliphatic heterocycles. The van der Waals surface area contributed by atoms with Crippen molar-refractivity contribution in [1.82, 2.24) is 9.55 Å². The summed E-state index contributed by atoms with van der Waals surface area (Å²) in [5, 5.41) is 11.0. The smallest absolute Gasteiger partial charge is 0.490 e. The average molecular weight is 654 g/mol. The van der Waals surface area contributed by atoms with Gasteiger partial charge in [-0.25, -0.2) is 0 Å². The molecule has 1 aromatic heterocycles. The van der Waals surface area contributed by atoms with Gasteiger partial charge in [-0.3, -0.25) is 4.57 Å². The third-order valence-corrected chi connectivity index (χ3v) is 8.33. The summed E-state index contributed by atoms with van der Waals surface area (Å²) in [7, 11) is 2.09. The fourth-order valence-electron chi connectivity index (χ4n) is 5.73. The first kappa shape index (κ1) is 31.8. The maximum absolute atomic E-state index is 12.4. The standard InChI is InChI=1S/C33H34F3N5O6/c1-38(24-4-10-27(11-5-24)44-21-23-2-8-29(9-3-23)47-33(34,35)36)25-14-17-39(18-15-25)26-6-12-28(13-7-26)45-22-30-16-19-40-20-31(41(42)43)37-32(40)46-30/h2-13,20,25,30H,14-19,21-22H2,1H3/t30-/m1/s1. The van der Waals surface area contributed by atoms with Crippen LogP contribution in [0.4, 0.5) is 30.4 Å². The Balaban J connectivity index is 0.929. The summed E-state index contributed by atoms with van der Waals surface area (Å²) in [6, 6.07) is 22.1. The van der Waals surface area contributed by atoms with Gasteiger partial charge in [-0.2, -0.15) is 0 Å². The number of imidazole rings is 1. The van der Waals surface area contributed by atoms with Crippen LogP contribution in [0.2, 0.25) is 0 Å². The van der Waals surface area contributed by atoms with E-state index >= 15 is 0 Å². The predicted molar refractivity (Wildman–Crippen MR) is 167 cm³/mol. The van der Waals surface area contributed by atoms with Gasteiger partial charge in [0.1, 0.15) is 42.8 Å². The molecule has 0 radical (unpaired) electrons. The first-order valence-corrected chi connectivity index (χ1v) is 15.3. The van der Waals surface area contributed by atoms with Gasteiger partial charge in [0.25, 0.3) is 0 Å². The van der Waals surface area contributed by atoms with Crippen LogP contribution >= 0.6 is 0 Å². The molecule has 3 heterocycles. The number of nitro groups is 1. The Labute approximate surface area is 269 Å². The molecule has 248 valence electrons. The summed E-state index contributed by atoms with van der Waals surface area (Å²) < 4.78 is 60.2. The van der Waals surface area contributed by atoms with Crippen molar-refractivity contribution in [2.24, 2.45) is 0 Å². The van der Waals surface area contributed by atoms with Crippen molar-refractivity contribution < 1.29 is 37.0 Å². The minimum Gasteiger partial charge on any atom is -0.490 e. The molecule has 0 unspecified atom stereocenters. The van der Waals surface area contributed by atoms with Crippen molar-refractivity contribution in [3.05, 3.63) is 94.7 Å². The molecule has 47 heavy (non-hydrogen) atoms. The second kappa shape index (κ2) is 13.7. The molecule has 4 aromatic rings. The second-order valence-electron chi connectivity index (χ2n) is 11.5. The molecular formula is C33H34F3N5O6. The predicted octanol–water partition coefficient (Wildman–Crippen LogP) is 6.60. The molecule has 3 aromatic carbocycles. The highest BCUT2D eigenvalue weighted by molar-refractivity contribution is 5.52. The van der Waals surface area contributed by atoms with Crippen molar-refractivity contribution in [2.75, 3.05) is 36.5 Å². The molecule has 2 aliphatic rings. The lowest BCUT2D eigenvalue weighted by Gasteiger charge is -2.39. The first-order valence-electron chi connectivity index (χ1n) is 15.3. The molecule has 0 N–H and O–H groups in total. The highest BCUT2D eigenvalue weighted by Crippen LogP contribution is 2.29. The van der Waals surface area contributed by atoms with Crippen LogP contribution in [0.25, 0.3) is 0 Å². The fraction of sp³-hybridized carbons (Fsp3) is 0.364. The average Bonchev–Trinajstić information content (AvgIpc) is 3.51. The number of halogens is 3. The monoisotopic (exact) mass is 653 g/mol. The molecule has 0 spiro atoms. The van der Waals surface area contributed by atoms with Gasteiger partial charge in [-0.1, -0.05) is 12.1 Å². The molecule has 6 rings (SSSR count). The van der Waals surface area contributed by atoms with Crippen molar-refractivity contribution >= 4 is 17.2 Å². The molecule has 1 atom stereocenters. The molecular weight excluding hydrogens is 619 g/mol. The molecule has 0 amide bonds. The quantitative estimate of drug-likeness (QED) is 0.131. The van der Waals surface area contributed by atoms with Crippen LogP contribution in [0.1, 0.15) is 24.8 Å². The Morgan fingerprint density at radius 3 is 2.21 bits per heavy atom. The number of anilines is 2. The maximum atomic E-state index is 12.4.